The molecule has 3 rings (SSSR count). The zero-order valence-corrected chi connectivity index (χ0v) is 17.2. The monoisotopic (exact) mass is 413 g/mol. The van der Waals surface area contributed by atoms with Crippen LogP contribution in [0.3, 0.4) is 0 Å². The van der Waals surface area contributed by atoms with Gasteiger partial charge in [0, 0.05) is 17.0 Å². The first kappa shape index (κ1) is 20.5. The number of ketones is 1. The van der Waals surface area contributed by atoms with Crippen molar-refractivity contribution in [3.05, 3.63) is 58.8 Å². The molecule has 0 radical (unpaired) electrons. The molecular weight excluding hydrogens is 394 g/mol. The minimum absolute atomic E-state index is 0.265. The topological polar surface area (TPSA) is 66.9 Å². The lowest BCUT2D eigenvalue weighted by atomic mass is 10.1. The van der Waals surface area contributed by atoms with Crippen LogP contribution in [-0.4, -0.2) is 39.2 Å². The average molecular weight is 414 g/mol. The number of halogens is 1. The predicted octanol–water partition coefficient (Wildman–Crippen LogP) is 4.82. The molecule has 3 aromatic rings. The van der Waals surface area contributed by atoms with Crippen LogP contribution in [0.15, 0.2) is 42.5 Å². The van der Waals surface area contributed by atoms with Gasteiger partial charge in [0.1, 0.15) is 22.2 Å². The minimum atomic E-state index is -0.275. The summed E-state index contributed by atoms with van der Waals surface area (Å²) in [5, 5.41) is 1.06. The van der Waals surface area contributed by atoms with Crippen LogP contribution in [0.25, 0.3) is 17.0 Å². The van der Waals surface area contributed by atoms with Crippen molar-refractivity contribution in [2.75, 3.05) is 28.4 Å². The Balaban J connectivity index is 2.01. The molecule has 0 aliphatic rings. The summed E-state index contributed by atoms with van der Waals surface area (Å²) in [6.07, 6.45) is 3.02. The quantitative estimate of drug-likeness (QED) is 0.314. The highest BCUT2D eigenvalue weighted by Gasteiger charge is 2.16. The van der Waals surface area contributed by atoms with Crippen molar-refractivity contribution in [3.63, 3.8) is 0 Å². The summed E-state index contributed by atoms with van der Waals surface area (Å²) in [5.41, 5.74) is 1.58. The van der Waals surface area contributed by atoms with E-state index in [9.17, 15) is 4.79 Å². The zero-order valence-electron chi connectivity index (χ0n) is 16.5. The van der Waals surface area contributed by atoms with Gasteiger partial charge in [0.05, 0.1) is 34.0 Å². The molecule has 0 bridgehead atoms. The first-order valence-corrected chi connectivity index (χ1v) is 9.05. The Hall–Kier alpha value is -3.25. The van der Waals surface area contributed by atoms with E-state index < -0.39 is 0 Å². The lowest BCUT2D eigenvalue weighted by Gasteiger charge is -2.11. The van der Waals surface area contributed by atoms with Crippen LogP contribution in [0.2, 0.25) is 5.15 Å². The van der Waals surface area contributed by atoms with Gasteiger partial charge in [-0.25, -0.2) is 4.98 Å². The molecule has 1 heterocycles. The Morgan fingerprint density at radius 2 is 1.48 bits per heavy atom. The van der Waals surface area contributed by atoms with Gasteiger partial charge in [-0.3, -0.25) is 4.79 Å². The number of fused-ring (bicyclic) bond motifs is 1. The predicted molar refractivity (Wildman–Crippen MR) is 113 cm³/mol. The summed E-state index contributed by atoms with van der Waals surface area (Å²) in [6, 6.07) is 10.5. The Morgan fingerprint density at radius 3 is 2.07 bits per heavy atom. The Labute approximate surface area is 173 Å². The van der Waals surface area contributed by atoms with Gasteiger partial charge in [0.25, 0.3) is 0 Å². The van der Waals surface area contributed by atoms with Crippen molar-refractivity contribution >= 4 is 34.4 Å². The van der Waals surface area contributed by atoms with E-state index in [4.69, 9.17) is 30.5 Å². The van der Waals surface area contributed by atoms with Gasteiger partial charge < -0.3 is 18.9 Å². The summed E-state index contributed by atoms with van der Waals surface area (Å²) < 4.78 is 21.2. The van der Waals surface area contributed by atoms with Gasteiger partial charge in [-0.2, -0.15) is 0 Å². The lowest BCUT2D eigenvalue weighted by molar-refractivity contribution is 0.104. The van der Waals surface area contributed by atoms with Gasteiger partial charge in [-0.15, -0.1) is 0 Å². The smallest absolute Gasteiger partial charge is 0.193 e. The maximum atomic E-state index is 12.8. The highest BCUT2D eigenvalue weighted by Crippen LogP contribution is 2.34. The Morgan fingerprint density at radius 1 is 0.897 bits per heavy atom. The summed E-state index contributed by atoms with van der Waals surface area (Å²) in [5.74, 6) is 1.72. The molecule has 29 heavy (non-hydrogen) atoms. The summed E-state index contributed by atoms with van der Waals surface area (Å²) in [7, 11) is 6.12. The van der Waals surface area contributed by atoms with Crippen LogP contribution < -0.4 is 18.9 Å². The number of benzene rings is 2. The van der Waals surface area contributed by atoms with Gasteiger partial charge in [0.15, 0.2) is 17.3 Å². The van der Waals surface area contributed by atoms with E-state index in [0.29, 0.717) is 39.6 Å². The number of aromatic nitrogens is 1. The van der Waals surface area contributed by atoms with Crippen LogP contribution in [0, 0.1) is 0 Å². The van der Waals surface area contributed by atoms with Crippen LogP contribution in [0.5, 0.6) is 23.0 Å². The van der Waals surface area contributed by atoms with E-state index in [2.05, 4.69) is 4.98 Å². The fraction of sp³-hybridized carbons (Fsp3) is 0.182. The summed E-state index contributed by atoms with van der Waals surface area (Å²) >= 11 is 6.32. The van der Waals surface area contributed by atoms with E-state index in [1.54, 1.807) is 50.6 Å². The van der Waals surface area contributed by atoms with Crippen LogP contribution in [0.4, 0.5) is 0 Å². The summed E-state index contributed by atoms with van der Waals surface area (Å²) in [6.45, 7) is 0. The third-order valence-corrected chi connectivity index (χ3v) is 4.69. The van der Waals surface area contributed by atoms with Crippen LogP contribution in [0.1, 0.15) is 15.9 Å². The van der Waals surface area contributed by atoms with Crippen molar-refractivity contribution in [2.24, 2.45) is 0 Å². The highest BCUT2D eigenvalue weighted by molar-refractivity contribution is 6.31. The second-order valence-electron chi connectivity index (χ2n) is 6.00. The molecule has 0 fully saturated rings. The van der Waals surface area contributed by atoms with Crippen molar-refractivity contribution in [2.45, 2.75) is 0 Å². The van der Waals surface area contributed by atoms with Crippen LogP contribution >= 0.6 is 11.6 Å². The Bertz CT molecular complexity index is 1070. The van der Waals surface area contributed by atoms with Crippen molar-refractivity contribution < 1.29 is 23.7 Å². The van der Waals surface area contributed by atoms with Gasteiger partial charge >= 0.3 is 0 Å². The first-order chi connectivity index (χ1) is 14.0. The zero-order chi connectivity index (χ0) is 21.0. The van der Waals surface area contributed by atoms with Gasteiger partial charge in [0.2, 0.25) is 0 Å². The molecule has 1 aromatic heterocycles. The molecule has 0 aliphatic heterocycles. The maximum Gasteiger partial charge on any atom is 0.193 e. The first-order valence-electron chi connectivity index (χ1n) is 8.68. The molecular formula is C22H20ClNO5. The largest absolute Gasteiger partial charge is 0.496 e. The van der Waals surface area contributed by atoms with Crippen molar-refractivity contribution in [1.29, 1.82) is 0 Å². The van der Waals surface area contributed by atoms with E-state index in [-0.39, 0.29) is 10.9 Å². The normalized spacial score (nSPS) is 10.9. The maximum absolute atomic E-state index is 12.8. The van der Waals surface area contributed by atoms with Crippen molar-refractivity contribution in [3.8, 4) is 23.0 Å². The molecule has 0 saturated heterocycles. The number of hydrogen-bond donors (Lipinski definition) is 0. The fourth-order valence-electron chi connectivity index (χ4n) is 2.95. The summed E-state index contributed by atoms with van der Waals surface area (Å²) in [4.78, 5) is 17.2. The molecule has 0 unspecified atom stereocenters. The molecule has 7 heteroatoms. The molecule has 2 aromatic carbocycles. The number of methoxy groups -OCH3 is 4. The second kappa shape index (κ2) is 8.84. The number of ether oxygens (including phenoxy) is 4. The van der Waals surface area contributed by atoms with E-state index in [1.165, 1.54) is 20.3 Å². The highest BCUT2D eigenvalue weighted by atomic mass is 35.5. The molecule has 150 valence electrons. The molecule has 0 spiro atoms. The average Bonchev–Trinajstić information content (AvgIpc) is 2.75. The van der Waals surface area contributed by atoms with Crippen molar-refractivity contribution in [1.82, 2.24) is 4.98 Å². The molecule has 0 N–H and O–H groups in total. The van der Waals surface area contributed by atoms with Gasteiger partial charge in [-0.1, -0.05) is 17.7 Å². The molecule has 0 amide bonds. The van der Waals surface area contributed by atoms with E-state index in [1.807, 2.05) is 6.07 Å². The number of rotatable bonds is 7. The molecule has 0 atom stereocenters. The number of pyridine rings is 1. The van der Waals surface area contributed by atoms with E-state index >= 15 is 0 Å². The number of allylic oxidation sites excluding steroid dienone is 1. The number of hydrogen-bond acceptors (Lipinski definition) is 6. The molecule has 0 saturated carbocycles. The van der Waals surface area contributed by atoms with E-state index in [0.717, 1.165) is 5.39 Å². The third kappa shape index (κ3) is 4.12. The third-order valence-electron chi connectivity index (χ3n) is 4.39. The molecule has 0 aliphatic carbocycles. The lowest BCUT2D eigenvalue weighted by Crippen LogP contribution is -2.02. The molecule has 6 nitrogen and oxygen atoms in total. The number of carbonyl (C=O) groups excluding carboxylic acids is 1. The Kier molecular flexibility index (Phi) is 6.24. The van der Waals surface area contributed by atoms with Gasteiger partial charge in [-0.05, 0) is 36.4 Å². The second-order valence-corrected chi connectivity index (χ2v) is 6.36. The minimum Gasteiger partial charge on any atom is -0.496 e. The number of carbonyl (C=O) groups is 1. The number of nitrogens with zero attached hydrogens (tertiary/aromatic N) is 1. The van der Waals surface area contributed by atoms with Crippen LogP contribution in [-0.2, 0) is 0 Å². The fourth-order valence-corrected chi connectivity index (χ4v) is 3.16. The standard InChI is InChI=1S/C22H20ClNO5/c1-26-17-6-5-7-18(27-2)21(17)16(25)9-8-13-10-14-11-19(28-3)20(29-4)12-15(14)24-22(13)23/h5-12H,1-4H3/b9-8+. The SMILES string of the molecule is COc1cc2cc(/C=C/C(=O)c3c(OC)cccc3OC)c(Cl)nc2cc1OC.